The highest BCUT2D eigenvalue weighted by molar-refractivity contribution is 7.13. The van der Waals surface area contributed by atoms with Crippen LogP contribution in [0.2, 0.25) is 0 Å². The van der Waals surface area contributed by atoms with Gasteiger partial charge in [-0.3, -0.25) is 4.40 Å². The molecule has 3 heterocycles. The number of rotatable bonds is 4. The second-order valence-electron chi connectivity index (χ2n) is 7.82. The number of imidazole rings is 1. The fraction of sp³-hybridized carbons (Fsp3) is 0.444. The van der Waals surface area contributed by atoms with Crippen molar-refractivity contribution in [1.29, 1.82) is 0 Å². The van der Waals surface area contributed by atoms with Crippen LogP contribution in [0.15, 0.2) is 36.0 Å². The maximum absolute atomic E-state index is 4.74. The molecule has 122 valence electrons. The zero-order valence-electron chi connectivity index (χ0n) is 14.4. The van der Waals surface area contributed by atoms with Crippen LogP contribution in [0.3, 0.4) is 0 Å². The van der Waals surface area contributed by atoms with Crippen molar-refractivity contribution in [2.24, 2.45) is 5.41 Å². The molecule has 3 rings (SSSR count). The van der Waals surface area contributed by atoms with Crippen molar-refractivity contribution < 1.29 is 0 Å². The van der Waals surface area contributed by atoms with Gasteiger partial charge in [0.2, 0.25) is 5.78 Å². The average Bonchev–Trinajstić information content (AvgIpc) is 3.03. The van der Waals surface area contributed by atoms with Crippen LogP contribution >= 0.6 is 11.3 Å². The van der Waals surface area contributed by atoms with Crippen LogP contribution in [0.25, 0.3) is 16.3 Å². The van der Waals surface area contributed by atoms with Gasteiger partial charge in [0.05, 0.1) is 4.88 Å². The number of thiophene rings is 1. The molecule has 0 aromatic carbocycles. The van der Waals surface area contributed by atoms with E-state index < -0.39 is 0 Å². The molecule has 0 saturated carbocycles. The van der Waals surface area contributed by atoms with Crippen molar-refractivity contribution in [3.63, 3.8) is 0 Å². The van der Waals surface area contributed by atoms with E-state index >= 15 is 0 Å². The lowest BCUT2D eigenvalue weighted by molar-refractivity contribution is 0.302. The first-order valence-electron chi connectivity index (χ1n) is 7.90. The third-order valence-electron chi connectivity index (χ3n) is 3.59. The molecule has 1 N–H and O–H groups in total. The lowest BCUT2D eigenvalue weighted by Crippen LogP contribution is -2.36. The Morgan fingerprint density at radius 1 is 1.17 bits per heavy atom. The molecule has 0 amide bonds. The highest BCUT2D eigenvalue weighted by Crippen LogP contribution is 2.35. The molecule has 0 spiro atoms. The fourth-order valence-electron chi connectivity index (χ4n) is 3.28. The van der Waals surface area contributed by atoms with E-state index in [-0.39, 0.29) is 11.0 Å². The smallest absolute Gasteiger partial charge is 0.236 e. The van der Waals surface area contributed by atoms with Gasteiger partial charge in [0.1, 0.15) is 11.5 Å². The van der Waals surface area contributed by atoms with Crippen LogP contribution in [-0.2, 0) is 0 Å². The molecule has 0 radical (unpaired) electrons. The number of nitrogens with one attached hydrogen (secondary N) is 1. The Hall–Kier alpha value is -1.88. The van der Waals surface area contributed by atoms with Gasteiger partial charge in [-0.15, -0.1) is 11.3 Å². The lowest BCUT2D eigenvalue weighted by atomic mass is 9.82. The summed E-state index contributed by atoms with van der Waals surface area (Å²) in [5.41, 5.74) is 1.18. The van der Waals surface area contributed by atoms with Gasteiger partial charge in [-0.05, 0) is 43.2 Å². The Balaban J connectivity index is 2.07. The highest BCUT2D eigenvalue weighted by Gasteiger charge is 2.28. The number of hydrogen-bond donors (Lipinski definition) is 1. The van der Waals surface area contributed by atoms with Crippen molar-refractivity contribution in [1.82, 2.24) is 14.4 Å². The van der Waals surface area contributed by atoms with Gasteiger partial charge < -0.3 is 5.32 Å². The summed E-state index contributed by atoms with van der Waals surface area (Å²) in [6.07, 6.45) is 4.85. The van der Waals surface area contributed by atoms with E-state index in [1.54, 1.807) is 17.5 Å². The van der Waals surface area contributed by atoms with Gasteiger partial charge in [0, 0.05) is 17.9 Å². The maximum Gasteiger partial charge on any atom is 0.236 e. The normalized spacial score (nSPS) is 12.7. The van der Waals surface area contributed by atoms with Crippen LogP contribution in [0.5, 0.6) is 0 Å². The second kappa shape index (κ2) is 5.64. The molecule has 0 saturated heterocycles. The topological polar surface area (TPSA) is 42.2 Å². The molecular formula is C18H24N4S. The van der Waals surface area contributed by atoms with E-state index in [4.69, 9.17) is 4.98 Å². The van der Waals surface area contributed by atoms with E-state index in [1.165, 1.54) is 0 Å². The van der Waals surface area contributed by atoms with E-state index in [9.17, 15) is 0 Å². The summed E-state index contributed by atoms with van der Waals surface area (Å²) >= 11 is 1.70. The van der Waals surface area contributed by atoms with E-state index in [1.807, 2.05) is 16.7 Å². The average molecular weight is 328 g/mol. The first-order valence-corrected chi connectivity index (χ1v) is 8.78. The number of hydrogen-bond acceptors (Lipinski definition) is 4. The molecule has 4 nitrogen and oxygen atoms in total. The first-order chi connectivity index (χ1) is 10.8. The Labute approximate surface area is 141 Å². The van der Waals surface area contributed by atoms with Gasteiger partial charge in [-0.25, -0.2) is 9.97 Å². The van der Waals surface area contributed by atoms with E-state index in [0.717, 1.165) is 28.6 Å². The van der Waals surface area contributed by atoms with Crippen molar-refractivity contribution in [3.05, 3.63) is 36.0 Å². The van der Waals surface area contributed by atoms with Crippen LogP contribution < -0.4 is 5.32 Å². The Bertz CT molecular complexity index is 794. The fourth-order valence-corrected chi connectivity index (χ4v) is 4.00. The molecular weight excluding hydrogens is 304 g/mol. The number of anilines is 1. The number of fused-ring (bicyclic) bond motifs is 1. The summed E-state index contributed by atoms with van der Waals surface area (Å²) in [5, 5.41) is 5.80. The van der Waals surface area contributed by atoms with Crippen molar-refractivity contribution >= 4 is 22.9 Å². The van der Waals surface area contributed by atoms with Crippen LogP contribution in [0, 0.1) is 5.41 Å². The van der Waals surface area contributed by atoms with Gasteiger partial charge >= 0.3 is 0 Å². The van der Waals surface area contributed by atoms with Crippen LogP contribution in [-0.4, -0.2) is 19.9 Å². The SMILES string of the molecule is CC(C)(C)CC(C)(C)Nc1c(-c2cccs2)nc2ncccn12. The summed E-state index contributed by atoms with van der Waals surface area (Å²) in [6, 6.07) is 6.10. The second-order valence-corrected chi connectivity index (χ2v) is 8.77. The summed E-state index contributed by atoms with van der Waals surface area (Å²) in [5.74, 6) is 1.75. The van der Waals surface area contributed by atoms with Crippen molar-refractivity contribution in [2.45, 2.75) is 46.6 Å². The zero-order valence-corrected chi connectivity index (χ0v) is 15.2. The van der Waals surface area contributed by atoms with Crippen LogP contribution in [0.4, 0.5) is 5.82 Å². The minimum Gasteiger partial charge on any atom is -0.364 e. The van der Waals surface area contributed by atoms with Crippen LogP contribution in [0.1, 0.15) is 41.0 Å². The summed E-state index contributed by atoms with van der Waals surface area (Å²) in [4.78, 5) is 10.3. The van der Waals surface area contributed by atoms with Crippen molar-refractivity contribution in [3.8, 4) is 10.6 Å². The highest BCUT2D eigenvalue weighted by atomic mass is 32.1. The first kappa shape index (κ1) is 16.0. The Kier molecular flexibility index (Phi) is 3.92. The third-order valence-corrected chi connectivity index (χ3v) is 4.46. The van der Waals surface area contributed by atoms with E-state index in [0.29, 0.717) is 0 Å². The molecule has 0 aliphatic carbocycles. The molecule has 3 aromatic heterocycles. The molecule has 0 bridgehead atoms. The summed E-state index contributed by atoms with van der Waals surface area (Å²) < 4.78 is 2.04. The quantitative estimate of drug-likeness (QED) is 0.726. The molecule has 3 aromatic rings. The minimum absolute atomic E-state index is 0.0456. The lowest BCUT2D eigenvalue weighted by Gasteiger charge is -2.34. The van der Waals surface area contributed by atoms with Crippen molar-refractivity contribution in [2.75, 3.05) is 5.32 Å². The minimum atomic E-state index is -0.0456. The molecule has 5 heteroatoms. The zero-order chi connectivity index (χ0) is 16.7. The summed E-state index contributed by atoms with van der Waals surface area (Å²) in [7, 11) is 0. The van der Waals surface area contributed by atoms with Gasteiger partial charge in [-0.1, -0.05) is 26.8 Å². The molecule has 0 aliphatic heterocycles. The van der Waals surface area contributed by atoms with Gasteiger partial charge in [-0.2, -0.15) is 0 Å². The number of aromatic nitrogens is 3. The molecule has 23 heavy (non-hydrogen) atoms. The third kappa shape index (κ3) is 3.55. The monoisotopic (exact) mass is 328 g/mol. The largest absolute Gasteiger partial charge is 0.364 e. The van der Waals surface area contributed by atoms with Gasteiger partial charge in [0.15, 0.2) is 0 Å². The maximum atomic E-state index is 4.74. The van der Waals surface area contributed by atoms with E-state index in [2.05, 4.69) is 62.4 Å². The standard InChI is InChI=1S/C18H24N4S/c1-17(2,3)12-18(4,5)21-15-14(13-8-6-11-23-13)20-16-19-9-7-10-22(15)16/h6-11,21H,12H2,1-5H3. The predicted octanol–water partition coefficient (Wildman–Crippen LogP) is 5.08. The Morgan fingerprint density at radius 2 is 1.96 bits per heavy atom. The predicted molar refractivity (Wildman–Crippen MR) is 98.1 cm³/mol. The molecule has 0 fully saturated rings. The number of nitrogens with zero attached hydrogens (tertiary/aromatic N) is 3. The Morgan fingerprint density at radius 3 is 2.61 bits per heavy atom. The molecule has 0 unspecified atom stereocenters. The molecule has 0 aliphatic rings. The summed E-state index contributed by atoms with van der Waals surface area (Å²) in [6.45, 7) is 11.3. The van der Waals surface area contributed by atoms with Gasteiger partial charge in [0.25, 0.3) is 0 Å². The molecule has 0 atom stereocenters.